The smallest absolute Gasteiger partial charge is 0.0649 e. The highest BCUT2D eigenvalue weighted by molar-refractivity contribution is 5.02. The molecule has 3 atom stereocenters. The predicted octanol–water partition coefficient (Wildman–Crippen LogP) is 4.18. The molecule has 0 saturated heterocycles. The van der Waals surface area contributed by atoms with Crippen LogP contribution in [0.25, 0.3) is 0 Å². The van der Waals surface area contributed by atoms with Crippen LogP contribution in [0.3, 0.4) is 0 Å². The molecule has 0 unspecified atom stereocenters. The molecule has 1 nitrogen and oxygen atoms in total. The number of rotatable bonds is 2. The average molecular weight is 210 g/mol. The lowest BCUT2D eigenvalue weighted by Gasteiger charge is -2.39. The summed E-state index contributed by atoms with van der Waals surface area (Å²) in [5, 5.41) is 0. The van der Waals surface area contributed by atoms with Crippen LogP contribution in [0.15, 0.2) is 12.2 Å². The third-order valence-corrected chi connectivity index (χ3v) is 3.19. The van der Waals surface area contributed by atoms with Crippen LogP contribution >= 0.6 is 0 Å². The molecule has 1 rings (SSSR count). The van der Waals surface area contributed by atoms with Crippen molar-refractivity contribution in [3.05, 3.63) is 12.2 Å². The van der Waals surface area contributed by atoms with E-state index in [1.54, 1.807) is 0 Å². The van der Waals surface area contributed by atoms with Crippen molar-refractivity contribution in [2.45, 2.75) is 65.6 Å². The van der Waals surface area contributed by atoms with Gasteiger partial charge in [0.2, 0.25) is 0 Å². The van der Waals surface area contributed by atoms with E-state index < -0.39 is 0 Å². The zero-order valence-electron chi connectivity index (χ0n) is 11.0. The Morgan fingerprint density at radius 2 is 1.87 bits per heavy atom. The van der Waals surface area contributed by atoms with E-state index in [2.05, 4.69) is 41.2 Å². The fourth-order valence-electron chi connectivity index (χ4n) is 2.48. The van der Waals surface area contributed by atoms with E-state index in [4.69, 9.17) is 4.74 Å². The van der Waals surface area contributed by atoms with E-state index in [0.29, 0.717) is 12.0 Å². The van der Waals surface area contributed by atoms with Crippen molar-refractivity contribution in [1.29, 1.82) is 0 Å². The molecule has 0 bridgehead atoms. The largest absolute Gasteiger partial charge is 0.372 e. The second-order valence-electron chi connectivity index (χ2n) is 6.14. The SMILES string of the molecule is C=C(C)[C@@H]1CC[C@@H](C)C[C@H]1OC(C)(C)C. The van der Waals surface area contributed by atoms with E-state index in [9.17, 15) is 0 Å². The fourth-order valence-corrected chi connectivity index (χ4v) is 2.48. The quantitative estimate of drug-likeness (QED) is 0.621. The summed E-state index contributed by atoms with van der Waals surface area (Å²) in [6, 6.07) is 0. The van der Waals surface area contributed by atoms with Crippen molar-refractivity contribution >= 4 is 0 Å². The molecule has 0 N–H and O–H groups in total. The van der Waals surface area contributed by atoms with Crippen LogP contribution in [0.1, 0.15) is 53.9 Å². The van der Waals surface area contributed by atoms with Crippen LogP contribution in [0, 0.1) is 11.8 Å². The van der Waals surface area contributed by atoms with Gasteiger partial charge in [-0.1, -0.05) is 19.1 Å². The first kappa shape index (κ1) is 12.8. The standard InChI is InChI=1S/C14H26O/c1-10(2)12-8-7-11(3)9-13(12)15-14(4,5)6/h11-13H,1,7-9H2,2-6H3/t11-,12+,13-/m1/s1. The molecule has 88 valence electrons. The Balaban J connectivity index is 2.66. The summed E-state index contributed by atoms with van der Waals surface area (Å²) in [5.74, 6) is 1.37. The van der Waals surface area contributed by atoms with Gasteiger partial charge in [-0.05, 0) is 52.9 Å². The lowest BCUT2D eigenvalue weighted by atomic mass is 9.77. The molecular weight excluding hydrogens is 184 g/mol. The van der Waals surface area contributed by atoms with Gasteiger partial charge in [0.15, 0.2) is 0 Å². The highest BCUT2D eigenvalue weighted by Gasteiger charge is 2.32. The minimum atomic E-state index is -0.0323. The molecule has 0 aromatic heterocycles. The second-order valence-corrected chi connectivity index (χ2v) is 6.14. The Morgan fingerprint density at radius 3 is 2.33 bits per heavy atom. The first-order chi connectivity index (χ1) is 6.79. The summed E-state index contributed by atoms with van der Waals surface area (Å²) in [6.45, 7) is 15.0. The minimum Gasteiger partial charge on any atom is -0.372 e. The first-order valence-electron chi connectivity index (χ1n) is 6.13. The maximum Gasteiger partial charge on any atom is 0.0649 e. The zero-order chi connectivity index (χ0) is 11.6. The van der Waals surface area contributed by atoms with Gasteiger partial charge in [-0.15, -0.1) is 0 Å². The van der Waals surface area contributed by atoms with E-state index in [1.165, 1.54) is 24.8 Å². The van der Waals surface area contributed by atoms with Gasteiger partial charge in [0.1, 0.15) is 0 Å². The van der Waals surface area contributed by atoms with Crippen molar-refractivity contribution in [2.24, 2.45) is 11.8 Å². The summed E-state index contributed by atoms with van der Waals surface area (Å²) >= 11 is 0. The first-order valence-corrected chi connectivity index (χ1v) is 6.13. The molecule has 0 spiro atoms. The molecule has 1 aliphatic carbocycles. The summed E-state index contributed by atoms with van der Waals surface area (Å²) in [4.78, 5) is 0. The van der Waals surface area contributed by atoms with Gasteiger partial charge in [-0.25, -0.2) is 0 Å². The Labute approximate surface area is 94.9 Å². The average Bonchev–Trinajstić information content (AvgIpc) is 1.99. The van der Waals surface area contributed by atoms with Crippen LogP contribution in [0.4, 0.5) is 0 Å². The lowest BCUT2D eigenvalue weighted by Crippen LogP contribution is -2.37. The highest BCUT2D eigenvalue weighted by Crippen LogP contribution is 2.36. The molecule has 1 heteroatoms. The fraction of sp³-hybridized carbons (Fsp3) is 0.857. The van der Waals surface area contributed by atoms with Gasteiger partial charge in [0.25, 0.3) is 0 Å². The number of ether oxygens (including phenoxy) is 1. The van der Waals surface area contributed by atoms with Crippen molar-refractivity contribution in [2.75, 3.05) is 0 Å². The summed E-state index contributed by atoms with van der Waals surface area (Å²) < 4.78 is 6.16. The van der Waals surface area contributed by atoms with Gasteiger partial charge in [0, 0.05) is 5.92 Å². The Morgan fingerprint density at radius 1 is 1.27 bits per heavy atom. The van der Waals surface area contributed by atoms with Crippen LogP contribution in [0.5, 0.6) is 0 Å². The molecule has 0 heterocycles. The van der Waals surface area contributed by atoms with Gasteiger partial charge in [-0.3, -0.25) is 0 Å². The molecule has 0 aliphatic heterocycles. The summed E-state index contributed by atoms with van der Waals surface area (Å²) in [5.41, 5.74) is 1.26. The third-order valence-electron chi connectivity index (χ3n) is 3.19. The van der Waals surface area contributed by atoms with Gasteiger partial charge in [0.05, 0.1) is 11.7 Å². The van der Waals surface area contributed by atoms with Crippen LogP contribution in [-0.2, 0) is 4.74 Å². The summed E-state index contributed by atoms with van der Waals surface area (Å²) in [6.07, 6.45) is 4.14. The van der Waals surface area contributed by atoms with Crippen LogP contribution in [0.2, 0.25) is 0 Å². The Bertz CT molecular complexity index is 224. The summed E-state index contributed by atoms with van der Waals surface area (Å²) in [7, 11) is 0. The number of hydrogen-bond donors (Lipinski definition) is 0. The van der Waals surface area contributed by atoms with Crippen molar-refractivity contribution < 1.29 is 4.74 Å². The van der Waals surface area contributed by atoms with Gasteiger partial charge in [-0.2, -0.15) is 0 Å². The predicted molar refractivity (Wildman–Crippen MR) is 65.9 cm³/mol. The third kappa shape index (κ3) is 3.98. The van der Waals surface area contributed by atoms with Crippen molar-refractivity contribution in [3.63, 3.8) is 0 Å². The number of hydrogen-bond acceptors (Lipinski definition) is 1. The molecule has 1 saturated carbocycles. The lowest BCUT2D eigenvalue weighted by molar-refractivity contribution is -0.0983. The van der Waals surface area contributed by atoms with Crippen molar-refractivity contribution in [3.8, 4) is 0 Å². The molecule has 1 fully saturated rings. The maximum absolute atomic E-state index is 6.16. The Hall–Kier alpha value is -0.300. The molecule has 0 radical (unpaired) electrons. The van der Waals surface area contributed by atoms with E-state index in [-0.39, 0.29) is 5.60 Å². The normalized spacial score (nSPS) is 32.7. The van der Waals surface area contributed by atoms with Gasteiger partial charge >= 0.3 is 0 Å². The molecule has 0 amide bonds. The molecular formula is C14H26O. The van der Waals surface area contributed by atoms with E-state index in [1.807, 2.05) is 0 Å². The van der Waals surface area contributed by atoms with E-state index >= 15 is 0 Å². The van der Waals surface area contributed by atoms with Crippen molar-refractivity contribution in [1.82, 2.24) is 0 Å². The molecule has 15 heavy (non-hydrogen) atoms. The zero-order valence-corrected chi connectivity index (χ0v) is 11.0. The topological polar surface area (TPSA) is 9.23 Å². The molecule has 0 aromatic rings. The minimum absolute atomic E-state index is 0.0323. The van der Waals surface area contributed by atoms with Crippen LogP contribution in [-0.4, -0.2) is 11.7 Å². The molecule has 0 aromatic carbocycles. The molecule has 1 aliphatic rings. The second kappa shape index (κ2) is 4.69. The van der Waals surface area contributed by atoms with E-state index in [0.717, 1.165) is 5.92 Å². The maximum atomic E-state index is 6.16. The Kier molecular flexibility index (Phi) is 3.99. The van der Waals surface area contributed by atoms with Crippen LogP contribution < -0.4 is 0 Å². The van der Waals surface area contributed by atoms with Gasteiger partial charge < -0.3 is 4.74 Å². The monoisotopic (exact) mass is 210 g/mol. The highest BCUT2D eigenvalue weighted by atomic mass is 16.5.